The first-order chi connectivity index (χ1) is 36.8. The van der Waals surface area contributed by atoms with Gasteiger partial charge in [-0.3, -0.25) is 4.79 Å². The fourth-order valence-corrected chi connectivity index (χ4v) is 9.81. The Hall–Kier alpha value is -1.99. The van der Waals surface area contributed by atoms with Crippen LogP contribution in [-0.2, 0) is 33.2 Å². The molecule has 3 rings (SSSR count). The van der Waals surface area contributed by atoms with Crippen LogP contribution in [0.3, 0.4) is 0 Å². The summed E-state index contributed by atoms with van der Waals surface area (Å²) in [6, 6.07) is -0.972. The first-order valence-electron chi connectivity index (χ1n) is 29.2. The summed E-state index contributed by atoms with van der Waals surface area (Å²) in [5, 5.41) is 120. The topological polar surface area (TPSA) is 307 Å². The van der Waals surface area contributed by atoms with E-state index in [0.29, 0.717) is 6.42 Å². The van der Waals surface area contributed by atoms with Crippen molar-refractivity contribution in [3.8, 4) is 0 Å². The Labute approximate surface area is 453 Å². The van der Waals surface area contributed by atoms with Crippen LogP contribution >= 0.6 is 0 Å². The van der Waals surface area contributed by atoms with Crippen molar-refractivity contribution in [2.75, 3.05) is 26.4 Å². The number of nitrogens with one attached hydrogen (secondary N) is 1. The van der Waals surface area contributed by atoms with Crippen molar-refractivity contribution in [3.05, 3.63) is 36.5 Å². The molecular formula is C57H103NO18. The second-order valence-corrected chi connectivity index (χ2v) is 21.1. The van der Waals surface area contributed by atoms with Crippen LogP contribution in [0.1, 0.15) is 187 Å². The van der Waals surface area contributed by atoms with E-state index in [4.69, 9.17) is 28.4 Å². The maximum absolute atomic E-state index is 13.3. The van der Waals surface area contributed by atoms with Gasteiger partial charge in [0.2, 0.25) is 5.91 Å². The van der Waals surface area contributed by atoms with Crippen LogP contribution in [0.2, 0.25) is 0 Å². The summed E-state index contributed by atoms with van der Waals surface area (Å²) in [5.74, 6) is -0.283. The number of allylic oxidation sites excluding steroid dienone is 5. The van der Waals surface area contributed by atoms with E-state index in [2.05, 4.69) is 43.5 Å². The molecule has 0 bridgehead atoms. The molecule has 3 aliphatic heterocycles. The van der Waals surface area contributed by atoms with E-state index in [1.54, 1.807) is 6.08 Å². The van der Waals surface area contributed by atoms with Crippen molar-refractivity contribution in [2.45, 2.75) is 291 Å². The van der Waals surface area contributed by atoms with Crippen LogP contribution in [0.25, 0.3) is 0 Å². The SMILES string of the molecule is CCCCCCC/C=C\C/C=C\CCCCCCCCCCCC(=O)NC(COC1OC(CO)C(OC2OC(CO)C(OC3OC(CO)C(O)C(O)C3O)C(O)C2O)C(O)C1O)C(O)/C=C/CCCCCCCCCC. The van der Waals surface area contributed by atoms with Gasteiger partial charge in [-0.25, -0.2) is 0 Å². The van der Waals surface area contributed by atoms with Crippen LogP contribution < -0.4 is 5.32 Å². The standard InChI is InChI=1S/C57H103NO18/c1-3-5-7-9-11-13-15-16-17-18-19-20-21-22-23-24-25-27-29-31-33-35-45(63)58-40(41(62)34-32-30-28-26-14-12-10-8-6-4-2)39-71-55-51(69)48(66)53(43(37-60)73-55)76-57-52(70)49(67)54(44(38-61)74-57)75-56-50(68)47(65)46(64)42(36-59)72-56/h15-16,18-19,32,34,40-44,46-57,59-62,64-70H,3-14,17,20-31,33,35-39H2,1-2H3,(H,58,63)/b16-15-,19-18-,34-32+. The van der Waals surface area contributed by atoms with E-state index in [-0.39, 0.29) is 18.9 Å². The fourth-order valence-electron chi connectivity index (χ4n) is 9.81. The minimum atomic E-state index is -1.98. The van der Waals surface area contributed by atoms with E-state index in [1.807, 2.05) is 6.08 Å². The molecule has 0 aromatic heterocycles. The van der Waals surface area contributed by atoms with E-state index in [0.717, 1.165) is 64.2 Å². The highest BCUT2D eigenvalue weighted by Crippen LogP contribution is 2.33. The van der Waals surface area contributed by atoms with E-state index in [1.165, 1.54) is 96.3 Å². The molecule has 0 saturated carbocycles. The molecule has 1 amide bonds. The second kappa shape index (κ2) is 41.1. The third-order valence-electron chi connectivity index (χ3n) is 14.7. The Morgan fingerprint density at radius 1 is 0.474 bits per heavy atom. The molecule has 17 atom stereocenters. The second-order valence-electron chi connectivity index (χ2n) is 21.1. The van der Waals surface area contributed by atoms with Gasteiger partial charge in [0.15, 0.2) is 18.9 Å². The number of hydrogen-bond acceptors (Lipinski definition) is 18. The molecule has 19 nitrogen and oxygen atoms in total. The molecule has 3 heterocycles. The third kappa shape index (κ3) is 25.2. The maximum Gasteiger partial charge on any atom is 0.220 e. The summed E-state index contributed by atoms with van der Waals surface area (Å²) in [5.41, 5.74) is 0. The van der Waals surface area contributed by atoms with Crippen molar-refractivity contribution in [1.29, 1.82) is 0 Å². The zero-order valence-corrected chi connectivity index (χ0v) is 46.0. The number of hydrogen-bond donors (Lipinski definition) is 12. The molecule has 0 aromatic rings. The highest BCUT2D eigenvalue weighted by atomic mass is 16.8. The molecule has 12 N–H and O–H groups in total. The lowest BCUT2D eigenvalue weighted by molar-refractivity contribution is -0.379. The van der Waals surface area contributed by atoms with Gasteiger partial charge in [0, 0.05) is 6.42 Å². The van der Waals surface area contributed by atoms with Gasteiger partial charge in [-0.2, -0.15) is 0 Å². The Bertz CT molecular complexity index is 1540. The lowest BCUT2D eigenvalue weighted by Gasteiger charge is -2.48. The smallest absolute Gasteiger partial charge is 0.220 e. The van der Waals surface area contributed by atoms with Crippen molar-refractivity contribution >= 4 is 5.91 Å². The quantitative estimate of drug-likeness (QED) is 0.0295. The molecule has 19 heteroatoms. The van der Waals surface area contributed by atoms with Crippen LogP contribution in [0.5, 0.6) is 0 Å². The normalized spacial score (nSPS) is 31.2. The number of carbonyl (C=O) groups excluding carboxylic acids is 1. The fraction of sp³-hybridized carbons (Fsp3) is 0.877. The summed E-state index contributed by atoms with van der Waals surface area (Å²) in [6.45, 7) is 1.67. The largest absolute Gasteiger partial charge is 0.394 e. The van der Waals surface area contributed by atoms with Gasteiger partial charge >= 0.3 is 0 Å². The summed E-state index contributed by atoms with van der Waals surface area (Å²) >= 11 is 0. The third-order valence-corrected chi connectivity index (χ3v) is 14.7. The zero-order chi connectivity index (χ0) is 55.5. The zero-order valence-electron chi connectivity index (χ0n) is 46.0. The molecule has 0 spiro atoms. The van der Waals surface area contributed by atoms with Crippen molar-refractivity contribution in [3.63, 3.8) is 0 Å². The number of aliphatic hydroxyl groups excluding tert-OH is 11. The molecule has 3 fully saturated rings. The number of unbranched alkanes of at least 4 members (excludes halogenated alkanes) is 22. The monoisotopic (exact) mass is 1090 g/mol. The van der Waals surface area contributed by atoms with Crippen molar-refractivity contribution < 1.29 is 89.4 Å². The summed E-state index contributed by atoms with van der Waals surface area (Å²) in [4.78, 5) is 13.3. The summed E-state index contributed by atoms with van der Waals surface area (Å²) in [6.07, 6.45) is 15.7. The van der Waals surface area contributed by atoms with Crippen LogP contribution in [-0.4, -0.2) is 193 Å². The van der Waals surface area contributed by atoms with E-state index < -0.39 is 124 Å². The van der Waals surface area contributed by atoms with E-state index >= 15 is 0 Å². The van der Waals surface area contributed by atoms with Crippen LogP contribution in [0, 0.1) is 0 Å². The summed E-state index contributed by atoms with van der Waals surface area (Å²) < 4.78 is 34.2. The van der Waals surface area contributed by atoms with Crippen LogP contribution in [0.15, 0.2) is 36.5 Å². The minimum absolute atomic E-state index is 0.238. The number of rotatable bonds is 42. The van der Waals surface area contributed by atoms with Gasteiger partial charge < -0.3 is 89.9 Å². The highest BCUT2D eigenvalue weighted by Gasteiger charge is 2.53. The van der Waals surface area contributed by atoms with Gasteiger partial charge in [0.25, 0.3) is 0 Å². The Morgan fingerprint density at radius 2 is 0.868 bits per heavy atom. The molecule has 0 radical (unpaired) electrons. The molecule has 444 valence electrons. The summed E-state index contributed by atoms with van der Waals surface area (Å²) in [7, 11) is 0. The van der Waals surface area contributed by atoms with Crippen LogP contribution in [0.4, 0.5) is 0 Å². The Balaban J connectivity index is 1.48. The first-order valence-corrected chi connectivity index (χ1v) is 29.2. The van der Waals surface area contributed by atoms with Gasteiger partial charge in [-0.15, -0.1) is 0 Å². The van der Waals surface area contributed by atoms with E-state index in [9.17, 15) is 61.0 Å². The molecule has 0 aliphatic carbocycles. The molecular weight excluding hydrogens is 987 g/mol. The van der Waals surface area contributed by atoms with Gasteiger partial charge in [-0.1, -0.05) is 166 Å². The predicted octanol–water partition coefficient (Wildman–Crippen LogP) is 4.54. The Morgan fingerprint density at radius 3 is 1.34 bits per heavy atom. The Kier molecular flexibility index (Phi) is 36.9. The minimum Gasteiger partial charge on any atom is -0.394 e. The molecule has 76 heavy (non-hydrogen) atoms. The average Bonchev–Trinajstić information content (AvgIpc) is 3.42. The lowest BCUT2D eigenvalue weighted by Crippen LogP contribution is -2.66. The van der Waals surface area contributed by atoms with Gasteiger partial charge in [0.05, 0.1) is 38.6 Å². The highest BCUT2D eigenvalue weighted by molar-refractivity contribution is 5.76. The first kappa shape index (κ1) is 68.3. The molecule has 0 aromatic carbocycles. The van der Waals surface area contributed by atoms with Crippen molar-refractivity contribution in [2.24, 2.45) is 0 Å². The predicted molar refractivity (Wildman–Crippen MR) is 286 cm³/mol. The number of aliphatic hydroxyl groups is 11. The van der Waals surface area contributed by atoms with Gasteiger partial charge in [0.1, 0.15) is 73.2 Å². The number of carbonyl (C=O) groups is 1. The molecule has 3 saturated heterocycles. The molecule has 17 unspecified atom stereocenters. The average molecular weight is 1090 g/mol. The van der Waals surface area contributed by atoms with Gasteiger partial charge in [-0.05, 0) is 51.4 Å². The maximum atomic E-state index is 13.3. The lowest BCUT2D eigenvalue weighted by atomic mass is 9.96. The van der Waals surface area contributed by atoms with Crippen molar-refractivity contribution in [1.82, 2.24) is 5.32 Å². The number of ether oxygens (including phenoxy) is 6. The number of amides is 1. The molecule has 3 aliphatic rings.